The number of aromatic nitrogens is 1. The summed E-state index contributed by atoms with van der Waals surface area (Å²) in [7, 11) is 2.09. The Kier molecular flexibility index (Phi) is 8.46. The van der Waals surface area contributed by atoms with Gasteiger partial charge < -0.3 is 9.88 Å². The van der Waals surface area contributed by atoms with Crippen molar-refractivity contribution in [3.63, 3.8) is 0 Å². The quantitative estimate of drug-likeness (QED) is 0.716. The molecule has 154 valence electrons. The van der Waals surface area contributed by atoms with Gasteiger partial charge >= 0.3 is 0 Å². The third-order valence-corrected chi connectivity index (χ3v) is 6.34. The molecule has 2 aliphatic heterocycles. The minimum Gasteiger partial charge on any atom is -0.316 e. The fourth-order valence-electron chi connectivity index (χ4n) is 4.39. The molecule has 0 amide bonds. The van der Waals surface area contributed by atoms with Crippen molar-refractivity contribution in [2.45, 2.75) is 36.9 Å². The van der Waals surface area contributed by atoms with Gasteiger partial charge in [-0.2, -0.15) is 0 Å². The Hall–Kier alpha value is -0.980. The van der Waals surface area contributed by atoms with E-state index in [0.717, 1.165) is 31.7 Å². The predicted octanol–water partition coefficient (Wildman–Crippen LogP) is 3.75. The zero-order valence-corrected chi connectivity index (χ0v) is 18.8. The highest BCUT2D eigenvalue weighted by molar-refractivity contribution is 7.98. The molecule has 3 heterocycles. The van der Waals surface area contributed by atoms with Crippen LogP contribution < -0.4 is 10.9 Å². The van der Waals surface area contributed by atoms with E-state index in [1.165, 1.54) is 22.6 Å². The number of fused-ring (bicyclic) bond motifs is 4. The van der Waals surface area contributed by atoms with Crippen LogP contribution in [0.4, 0.5) is 0 Å². The molecule has 4 rings (SSSR count). The van der Waals surface area contributed by atoms with Crippen LogP contribution in [0.2, 0.25) is 0 Å². The summed E-state index contributed by atoms with van der Waals surface area (Å²) in [5.41, 5.74) is 3.63. The molecule has 0 radical (unpaired) electrons. The van der Waals surface area contributed by atoms with Gasteiger partial charge in [-0.3, -0.25) is 9.69 Å². The van der Waals surface area contributed by atoms with Crippen LogP contribution in [0.3, 0.4) is 0 Å². The molecule has 4 nitrogen and oxygen atoms in total. The fraction of sp³-hybridized carbons (Fsp3) is 0.476. The van der Waals surface area contributed by atoms with Crippen molar-refractivity contribution in [1.82, 2.24) is 14.8 Å². The SMILES string of the molecule is CSc1cccc(CN(C)Cc2ccc3n(c2=O)C[C@@H]2CNC[C@H]3C2)c1.Cl.Cl. The van der Waals surface area contributed by atoms with E-state index < -0.39 is 0 Å². The lowest BCUT2D eigenvalue weighted by molar-refractivity contribution is 0.254. The van der Waals surface area contributed by atoms with Gasteiger partial charge in [0.05, 0.1) is 0 Å². The van der Waals surface area contributed by atoms with Crippen LogP contribution in [0, 0.1) is 5.92 Å². The first-order chi connectivity index (χ1) is 12.6. The Balaban J connectivity index is 0.00000140. The highest BCUT2D eigenvalue weighted by Gasteiger charge is 2.31. The van der Waals surface area contributed by atoms with Gasteiger partial charge in [0.2, 0.25) is 0 Å². The van der Waals surface area contributed by atoms with Gasteiger partial charge in [-0.25, -0.2) is 0 Å². The average Bonchev–Trinajstić information content (AvgIpc) is 2.65. The summed E-state index contributed by atoms with van der Waals surface area (Å²) in [6.07, 6.45) is 3.32. The smallest absolute Gasteiger partial charge is 0.255 e. The van der Waals surface area contributed by atoms with Crippen LogP contribution >= 0.6 is 36.6 Å². The highest BCUT2D eigenvalue weighted by Crippen LogP contribution is 2.31. The number of thioether (sulfide) groups is 1. The molecular formula is C21H29Cl2N3OS. The van der Waals surface area contributed by atoms with Crippen LogP contribution in [-0.2, 0) is 19.6 Å². The first kappa shape index (κ1) is 23.3. The number of hydrogen-bond donors (Lipinski definition) is 1. The minimum absolute atomic E-state index is 0. The van der Waals surface area contributed by atoms with Crippen molar-refractivity contribution < 1.29 is 0 Å². The van der Waals surface area contributed by atoms with Crippen molar-refractivity contribution in [3.8, 4) is 0 Å². The number of hydrogen-bond acceptors (Lipinski definition) is 4. The first-order valence-electron chi connectivity index (χ1n) is 9.39. The molecule has 0 saturated carbocycles. The maximum absolute atomic E-state index is 13.0. The van der Waals surface area contributed by atoms with E-state index in [-0.39, 0.29) is 30.4 Å². The molecule has 1 aromatic heterocycles. The molecule has 0 aliphatic carbocycles. The molecule has 0 spiro atoms. The highest BCUT2D eigenvalue weighted by atomic mass is 35.5. The Labute approximate surface area is 183 Å². The number of halogens is 2. The summed E-state index contributed by atoms with van der Waals surface area (Å²) >= 11 is 1.76. The summed E-state index contributed by atoms with van der Waals surface area (Å²) < 4.78 is 2.05. The first-order valence-corrected chi connectivity index (χ1v) is 10.6. The molecule has 0 unspecified atom stereocenters. The van der Waals surface area contributed by atoms with Gasteiger partial charge in [0.25, 0.3) is 5.56 Å². The van der Waals surface area contributed by atoms with Crippen LogP contribution in [0.5, 0.6) is 0 Å². The maximum atomic E-state index is 13.0. The second-order valence-electron chi connectivity index (χ2n) is 7.68. The Morgan fingerprint density at radius 2 is 2.00 bits per heavy atom. The summed E-state index contributed by atoms with van der Waals surface area (Å²) in [4.78, 5) is 16.6. The van der Waals surface area contributed by atoms with E-state index in [2.05, 4.69) is 64.5 Å². The van der Waals surface area contributed by atoms with E-state index >= 15 is 0 Å². The van der Waals surface area contributed by atoms with Gasteiger partial charge in [-0.15, -0.1) is 36.6 Å². The number of benzene rings is 1. The van der Waals surface area contributed by atoms with E-state index in [0.29, 0.717) is 18.4 Å². The summed E-state index contributed by atoms with van der Waals surface area (Å²) in [5.74, 6) is 1.09. The van der Waals surface area contributed by atoms with Gasteiger partial charge in [0.1, 0.15) is 0 Å². The van der Waals surface area contributed by atoms with Crippen molar-refractivity contribution in [1.29, 1.82) is 0 Å². The molecule has 1 fully saturated rings. The molecule has 1 N–H and O–H groups in total. The Morgan fingerprint density at radius 1 is 1.18 bits per heavy atom. The second kappa shape index (κ2) is 10.2. The normalized spacial score (nSPS) is 20.1. The molecule has 2 bridgehead atoms. The standard InChI is InChI=1S/C21H27N3OS.2ClH/c1-23(12-15-4-3-5-19(9-15)26-2)14-17-6-7-20-18-8-16(10-22-11-18)13-24(20)21(17)25;;/h3-7,9,16,18,22H,8,10-14H2,1-2H3;2*1H/t16-,18+;;/m0../s1. The number of pyridine rings is 1. The number of nitrogens with one attached hydrogen (secondary N) is 1. The fourth-order valence-corrected chi connectivity index (χ4v) is 4.87. The third-order valence-electron chi connectivity index (χ3n) is 5.61. The summed E-state index contributed by atoms with van der Waals surface area (Å²) in [6, 6.07) is 12.9. The van der Waals surface area contributed by atoms with Gasteiger partial charge in [0.15, 0.2) is 0 Å². The lowest BCUT2D eigenvalue weighted by atomic mass is 9.84. The summed E-state index contributed by atoms with van der Waals surface area (Å²) in [5, 5.41) is 3.51. The lowest BCUT2D eigenvalue weighted by Crippen LogP contribution is -2.45. The second-order valence-corrected chi connectivity index (χ2v) is 8.56. The molecule has 1 aromatic carbocycles. The largest absolute Gasteiger partial charge is 0.316 e. The van der Waals surface area contributed by atoms with E-state index in [9.17, 15) is 4.79 Å². The predicted molar refractivity (Wildman–Crippen MR) is 122 cm³/mol. The molecule has 2 aromatic rings. The van der Waals surface area contributed by atoms with Crippen LogP contribution in [0.1, 0.15) is 29.2 Å². The van der Waals surface area contributed by atoms with Crippen molar-refractivity contribution in [2.75, 3.05) is 26.4 Å². The van der Waals surface area contributed by atoms with Crippen molar-refractivity contribution in [2.24, 2.45) is 5.92 Å². The third kappa shape index (κ3) is 4.95. The van der Waals surface area contributed by atoms with E-state index in [4.69, 9.17) is 0 Å². The molecule has 7 heteroatoms. The van der Waals surface area contributed by atoms with Crippen LogP contribution in [0.25, 0.3) is 0 Å². The topological polar surface area (TPSA) is 37.3 Å². The Morgan fingerprint density at radius 3 is 2.79 bits per heavy atom. The molecular weight excluding hydrogens is 413 g/mol. The number of piperidine rings is 1. The molecule has 2 aliphatic rings. The zero-order valence-electron chi connectivity index (χ0n) is 16.4. The number of nitrogens with zero attached hydrogens (tertiary/aromatic N) is 2. The summed E-state index contributed by atoms with van der Waals surface area (Å²) in [6.45, 7) is 4.45. The molecule has 2 atom stereocenters. The average molecular weight is 442 g/mol. The zero-order chi connectivity index (χ0) is 18.1. The molecule has 28 heavy (non-hydrogen) atoms. The van der Waals surface area contributed by atoms with Crippen molar-refractivity contribution >= 4 is 36.6 Å². The minimum atomic E-state index is 0. The van der Waals surface area contributed by atoms with Crippen LogP contribution in [-0.4, -0.2) is 35.9 Å². The van der Waals surface area contributed by atoms with Crippen LogP contribution in [0.15, 0.2) is 46.1 Å². The lowest BCUT2D eigenvalue weighted by Gasteiger charge is -2.37. The van der Waals surface area contributed by atoms with Gasteiger partial charge in [-0.05, 0) is 55.9 Å². The van der Waals surface area contributed by atoms with Gasteiger partial charge in [0, 0.05) is 48.2 Å². The van der Waals surface area contributed by atoms with E-state index in [1.807, 2.05) is 0 Å². The number of rotatable bonds is 5. The van der Waals surface area contributed by atoms with Gasteiger partial charge in [-0.1, -0.05) is 18.2 Å². The van der Waals surface area contributed by atoms with Crippen molar-refractivity contribution in [3.05, 3.63) is 63.6 Å². The van der Waals surface area contributed by atoms with E-state index in [1.54, 1.807) is 11.8 Å². The Bertz CT molecular complexity index is 858. The monoisotopic (exact) mass is 441 g/mol. The maximum Gasteiger partial charge on any atom is 0.255 e. The molecule has 1 saturated heterocycles.